The first kappa shape index (κ1) is 10.4. The summed E-state index contributed by atoms with van der Waals surface area (Å²) in [6, 6.07) is 5.61. The summed E-state index contributed by atoms with van der Waals surface area (Å²) in [5.41, 5.74) is 0.408. The van der Waals surface area contributed by atoms with E-state index in [0.29, 0.717) is 16.9 Å². The van der Waals surface area contributed by atoms with Gasteiger partial charge in [0.2, 0.25) is 0 Å². The fourth-order valence-corrected chi connectivity index (χ4v) is 2.12. The molecule has 0 amide bonds. The first-order valence-corrected chi connectivity index (χ1v) is 4.91. The standard InChI is InChI=1S/C10H8N2OS/c1-7(6-13)2-9-3-8(4-11)10(5-12)14-9/h3,6-7H,2H2,1H3/t7-/m0/s1. The number of aldehydes is 1. The number of nitriles is 2. The lowest BCUT2D eigenvalue weighted by atomic mass is 10.1. The Balaban J connectivity index is 2.92. The Kier molecular flexibility index (Phi) is 3.39. The summed E-state index contributed by atoms with van der Waals surface area (Å²) < 4.78 is 0. The van der Waals surface area contributed by atoms with Crippen molar-refractivity contribution in [2.75, 3.05) is 0 Å². The highest BCUT2D eigenvalue weighted by atomic mass is 32.1. The lowest BCUT2D eigenvalue weighted by Gasteiger charge is -1.97. The van der Waals surface area contributed by atoms with Gasteiger partial charge >= 0.3 is 0 Å². The predicted octanol–water partition coefficient (Wildman–Crippen LogP) is 1.87. The number of hydrogen-bond donors (Lipinski definition) is 0. The van der Waals surface area contributed by atoms with Crippen LogP contribution >= 0.6 is 11.3 Å². The van der Waals surface area contributed by atoms with E-state index in [9.17, 15) is 4.79 Å². The van der Waals surface area contributed by atoms with Crippen LogP contribution in [0.1, 0.15) is 22.2 Å². The minimum atomic E-state index is -0.0632. The van der Waals surface area contributed by atoms with Gasteiger partial charge in [-0.05, 0) is 12.5 Å². The third-order valence-corrected chi connectivity index (χ3v) is 2.82. The fraction of sp³-hybridized carbons (Fsp3) is 0.300. The summed E-state index contributed by atoms with van der Waals surface area (Å²) in [6.45, 7) is 1.81. The summed E-state index contributed by atoms with van der Waals surface area (Å²) in [4.78, 5) is 11.8. The van der Waals surface area contributed by atoms with E-state index in [-0.39, 0.29) is 5.92 Å². The Labute approximate surface area is 86.2 Å². The van der Waals surface area contributed by atoms with Crippen molar-refractivity contribution in [1.82, 2.24) is 0 Å². The van der Waals surface area contributed by atoms with Gasteiger partial charge in [0.15, 0.2) is 0 Å². The predicted molar refractivity (Wildman–Crippen MR) is 52.7 cm³/mol. The normalized spacial score (nSPS) is 11.4. The van der Waals surface area contributed by atoms with Crippen LogP contribution in [0.3, 0.4) is 0 Å². The zero-order valence-corrected chi connectivity index (χ0v) is 8.47. The van der Waals surface area contributed by atoms with Gasteiger partial charge in [-0.2, -0.15) is 10.5 Å². The highest BCUT2D eigenvalue weighted by Gasteiger charge is 2.10. The van der Waals surface area contributed by atoms with Crippen LogP contribution in [0, 0.1) is 28.6 Å². The van der Waals surface area contributed by atoms with Crippen LogP contribution in [0.2, 0.25) is 0 Å². The van der Waals surface area contributed by atoms with Gasteiger partial charge < -0.3 is 4.79 Å². The highest BCUT2D eigenvalue weighted by Crippen LogP contribution is 2.23. The first-order valence-electron chi connectivity index (χ1n) is 4.09. The Hall–Kier alpha value is -1.65. The molecule has 0 bridgehead atoms. The van der Waals surface area contributed by atoms with E-state index < -0.39 is 0 Å². The van der Waals surface area contributed by atoms with Crippen LogP contribution in [0.25, 0.3) is 0 Å². The third kappa shape index (κ3) is 2.18. The van der Waals surface area contributed by atoms with Gasteiger partial charge in [0.25, 0.3) is 0 Å². The molecule has 1 rings (SSSR count). The molecule has 0 spiro atoms. The lowest BCUT2D eigenvalue weighted by Crippen LogP contribution is -1.98. The maximum absolute atomic E-state index is 10.4. The van der Waals surface area contributed by atoms with Gasteiger partial charge in [0.1, 0.15) is 23.3 Å². The molecule has 1 atom stereocenters. The van der Waals surface area contributed by atoms with Crippen molar-refractivity contribution in [3.8, 4) is 12.1 Å². The van der Waals surface area contributed by atoms with Crippen LogP contribution in [0.4, 0.5) is 0 Å². The fourth-order valence-electron chi connectivity index (χ4n) is 1.07. The van der Waals surface area contributed by atoms with Crippen molar-refractivity contribution in [3.05, 3.63) is 21.4 Å². The number of hydrogen-bond acceptors (Lipinski definition) is 4. The summed E-state index contributed by atoms with van der Waals surface area (Å²) in [6.07, 6.45) is 1.47. The number of rotatable bonds is 3. The molecule has 1 heterocycles. The van der Waals surface area contributed by atoms with Crippen molar-refractivity contribution in [1.29, 1.82) is 10.5 Å². The topological polar surface area (TPSA) is 64.7 Å². The van der Waals surface area contributed by atoms with E-state index in [2.05, 4.69) is 0 Å². The lowest BCUT2D eigenvalue weighted by molar-refractivity contribution is -0.110. The first-order chi connectivity index (χ1) is 6.71. The van der Waals surface area contributed by atoms with Crippen molar-refractivity contribution in [2.45, 2.75) is 13.3 Å². The largest absolute Gasteiger partial charge is 0.303 e. The molecular weight excluding hydrogens is 196 g/mol. The summed E-state index contributed by atoms with van der Waals surface area (Å²) in [7, 11) is 0. The van der Waals surface area contributed by atoms with Crippen LogP contribution in [0.15, 0.2) is 6.07 Å². The Morgan fingerprint density at radius 3 is 2.71 bits per heavy atom. The molecule has 4 heteroatoms. The third-order valence-electron chi connectivity index (χ3n) is 1.76. The molecule has 14 heavy (non-hydrogen) atoms. The molecule has 0 aromatic carbocycles. The second kappa shape index (κ2) is 4.55. The zero-order chi connectivity index (χ0) is 10.6. The molecule has 0 aliphatic heterocycles. The van der Waals surface area contributed by atoms with E-state index in [0.717, 1.165) is 11.2 Å². The van der Waals surface area contributed by atoms with E-state index in [1.54, 1.807) is 6.07 Å². The van der Waals surface area contributed by atoms with Crippen molar-refractivity contribution in [2.24, 2.45) is 5.92 Å². The van der Waals surface area contributed by atoms with E-state index in [1.165, 1.54) is 11.3 Å². The molecular formula is C10H8N2OS. The summed E-state index contributed by atoms with van der Waals surface area (Å²) in [5, 5.41) is 17.4. The highest BCUT2D eigenvalue weighted by molar-refractivity contribution is 7.12. The van der Waals surface area contributed by atoms with Crippen molar-refractivity contribution in [3.63, 3.8) is 0 Å². The smallest absolute Gasteiger partial charge is 0.123 e. The van der Waals surface area contributed by atoms with E-state index in [1.807, 2.05) is 19.1 Å². The average Bonchev–Trinajstić information content (AvgIpc) is 2.59. The molecule has 3 nitrogen and oxygen atoms in total. The molecule has 70 valence electrons. The molecule has 1 aromatic rings. The van der Waals surface area contributed by atoms with Gasteiger partial charge in [0.05, 0.1) is 5.56 Å². The summed E-state index contributed by atoms with van der Waals surface area (Å²) >= 11 is 1.29. The van der Waals surface area contributed by atoms with Crippen LogP contribution in [0.5, 0.6) is 0 Å². The van der Waals surface area contributed by atoms with Crippen molar-refractivity contribution >= 4 is 17.6 Å². The Morgan fingerprint density at radius 1 is 1.57 bits per heavy atom. The van der Waals surface area contributed by atoms with Gasteiger partial charge in [-0.1, -0.05) is 6.92 Å². The quantitative estimate of drug-likeness (QED) is 0.706. The number of thiophene rings is 1. The number of carbonyl (C=O) groups excluding carboxylic acids is 1. The van der Waals surface area contributed by atoms with Gasteiger partial charge in [0, 0.05) is 10.8 Å². The zero-order valence-electron chi connectivity index (χ0n) is 7.65. The molecule has 1 aromatic heterocycles. The molecule has 0 aliphatic rings. The molecule has 0 saturated carbocycles. The minimum Gasteiger partial charge on any atom is -0.303 e. The van der Waals surface area contributed by atoms with Crippen LogP contribution in [-0.4, -0.2) is 6.29 Å². The maximum atomic E-state index is 10.4. The molecule has 0 fully saturated rings. The van der Waals surface area contributed by atoms with Crippen LogP contribution in [-0.2, 0) is 11.2 Å². The van der Waals surface area contributed by atoms with Gasteiger partial charge in [-0.3, -0.25) is 0 Å². The van der Waals surface area contributed by atoms with Crippen LogP contribution < -0.4 is 0 Å². The SMILES string of the molecule is C[C@H](C=O)Cc1cc(C#N)c(C#N)s1. The van der Waals surface area contributed by atoms with Crippen molar-refractivity contribution < 1.29 is 4.79 Å². The number of nitrogens with zero attached hydrogens (tertiary/aromatic N) is 2. The average molecular weight is 204 g/mol. The van der Waals surface area contributed by atoms with Gasteiger partial charge in [-0.25, -0.2) is 0 Å². The molecule has 0 unspecified atom stereocenters. The monoisotopic (exact) mass is 204 g/mol. The Morgan fingerprint density at radius 2 is 2.29 bits per heavy atom. The number of carbonyl (C=O) groups is 1. The molecule has 0 aliphatic carbocycles. The second-order valence-corrected chi connectivity index (χ2v) is 4.13. The second-order valence-electron chi connectivity index (χ2n) is 3.00. The molecule has 0 saturated heterocycles. The van der Waals surface area contributed by atoms with E-state index >= 15 is 0 Å². The minimum absolute atomic E-state index is 0.0632. The maximum Gasteiger partial charge on any atom is 0.123 e. The van der Waals surface area contributed by atoms with Gasteiger partial charge in [-0.15, -0.1) is 11.3 Å². The molecule has 0 N–H and O–H groups in total. The molecule has 0 radical (unpaired) electrons. The van der Waals surface area contributed by atoms with E-state index in [4.69, 9.17) is 10.5 Å². The summed E-state index contributed by atoms with van der Waals surface area (Å²) in [5.74, 6) is -0.0632. The Bertz CT molecular complexity index is 391.